The molecular weight excluding hydrogens is 425 g/mol. The lowest BCUT2D eigenvalue weighted by molar-refractivity contribution is 0.0734. The summed E-state index contributed by atoms with van der Waals surface area (Å²) in [7, 11) is 0. The molecule has 0 aliphatic rings. The molecule has 3 aromatic rings. The maximum atomic E-state index is 12.6. The molecule has 0 spiro atoms. The number of carbonyl (C=O) groups excluding carboxylic acids is 1. The molecule has 118 valence electrons. The average Bonchev–Trinajstić information content (AvgIpc) is 3.24. The van der Waals surface area contributed by atoms with Crippen molar-refractivity contribution in [3.8, 4) is 10.7 Å². The SMILES string of the molecule is CCN(Cc1nc(-c2cccs2)no1)C(=O)c1ccc(I)cc1. The zero-order chi connectivity index (χ0) is 16.2. The second kappa shape index (κ2) is 7.22. The van der Waals surface area contributed by atoms with E-state index in [1.165, 1.54) is 0 Å². The van der Waals surface area contributed by atoms with Gasteiger partial charge in [0.25, 0.3) is 5.91 Å². The van der Waals surface area contributed by atoms with E-state index in [1.807, 2.05) is 48.7 Å². The minimum atomic E-state index is -0.0419. The quantitative estimate of drug-likeness (QED) is 0.563. The Morgan fingerprint density at radius 1 is 1.30 bits per heavy atom. The van der Waals surface area contributed by atoms with Gasteiger partial charge < -0.3 is 9.42 Å². The van der Waals surface area contributed by atoms with Crippen LogP contribution >= 0.6 is 33.9 Å². The molecule has 0 atom stereocenters. The number of hydrogen-bond donors (Lipinski definition) is 0. The lowest BCUT2D eigenvalue weighted by atomic mass is 10.2. The maximum absolute atomic E-state index is 12.6. The van der Waals surface area contributed by atoms with Gasteiger partial charge in [-0.05, 0) is 65.2 Å². The van der Waals surface area contributed by atoms with Crippen molar-refractivity contribution >= 4 is 39.8 Å². The topological polar surface area (TPSA) is 59.2 Å². The summed E-state index contributed by atoms with van der Waals surface area (Å²) < 4.78 is 6.37. The zero-order valence-corrected chi connectivity index (χ0v) is 15.4. The largest absolute Gasteiger partial charge is 0.337 e. The lowest BCUT2D eigenvalue weighted by Crippen LogP contribution is -2.30. The van der Waals surface area contributed by atoms with Crippen molar-refractivity contribution in [1.82, 2.24) is 15.0 Å². The van der Waals surface area contributed by atoms with Crippen LogP contribution in [0.2, 0.25) is 0 Å². The summed E-state index contributed by atoms with van der Waals surface area (Å²) in [5.74, 6) is 0.960. The van der Waals surface area contributed by atoms with Gasteiger partial charge in [-0.1, -0.05) is 11.2 Å². The molecule has 1 aromatic carbocycles. The number of hydrogen-bond acceptors (Lipinski definition) is 5. The highest BCUT2D eigenvalue weighted by molar-refractivity contribution is 14.1. The molecule has 0 fully saturated rings. The highest BCUT2D eigenvalue weighted by Crippen LogP contribution is 2.21. The number of aromatic nitrogens is 2. The van der Waals surface area contributed by atoms with Crippen molar-refractivity contribution in [2.75, 3.05) is 6.54 Å². The normalized spacial score (nSPS) is 10.7. The van der Waals surface area contributed by atoms with Gasteiger partial charge in [-0.25, -0.2) is 0 Å². The fourth-order valence-electron chi connectivity index (χ4n) is 2.09. The van der Waals surface area contributed by atoms with Crippen LogP contribution in [0, 0.1) is 3.57 Å². The van der Waals surface area contributed by atoms with E-state index in [-0.39, 0.29) is 5.91 Å². The van der Waals surface area contributed by atoms with E-state index in [0.717, 1.165) is 8.45 Å². The number of nitrogens with zero attached hydrogens (tertiary/aromatic N) is 3. The van der Waals surface area contributed by atoms with E-state index in [4.69, 9.17) is 4.52 Å². The fourth-order valence-corrected chi connectivity index (χ4v) is 3.10. The number of amides is 1. The number of thiophene rings is 1. The summed E-state index contributed by atoms with van der Waals surface area (Å²) in [4.78, 5) is 19.6. The first-order chi connectivity index (χ1) is 11.2. The van der Waals surface area contributed by atoms with Crippen LogP contribution in [-0.2, 0) is 6.54 Å². The van der Waals surface area contributed by atoms with Crippen molar-refractivity contribution in [3.63, 3.8) is 0 Å². The number of benzene rings is 1. The first kappa shape index (κ1) is 16.1. The number of halogens is 1. The van der Waals surface area contributed by atoms with Gasteiger partial charge in [0.15, 0.2) is 0 Å². The molecule has 0 aliphatic carbocycles. The summed E-state index contributed by atoms with van der Waals surface area (Å²) in [6.45, 7) is 2.81. The average molecular weight is 439 g/mol. The van der Waals surface area contributed by atoms with Gasteiger partial charge in [-0.15, -0.1) is 11.3 Å². The molecule has 0 aliphatic heterocycles. The Morgan fingerprint density at radius 2 is 2.09 bits per heavy atom. The highest BCUT2D eigenvalue weighted by atomic mass is 127. The molecule has 2 aromatic heterocycles. The van der Waals surface area contributed by atoms with E-state index in [9.17, 15) is 4.79 Å². The molecular formula is C16H14IN3O2S. The Morgan fingerprint density at radius 3 is 2.74 bits per heavy atom. The lowest BCUT2D eigenvalue weighted by Gasteiger charge is -2.18. The Bertz CT molecular complexity index is 784. The van der Waals surface area contributed by atoms with Crippen molar-refractivity contribution in [2.45, 2.75) is 13.5 Å². The van der Waals surface area contributed by atoms with Gasteiger partial charge in [0.05, 0.1) is 4.88 Å². The third-order valence-corrected chi connectivity index (χ3v) is 4.88. The standard InChI is InChI=1S/C16H14IN3O2S/c1-2-20(16(21)11-5-7-12(17)8-6-11)10-14-18-15(19-22-14)13-4-3-9-23-13/h3-9H,2,10H2,1H3. The molecule has 0 saturated carbocycles. The zero-order valence-electron chi connectivity index (χ0n) is 12.4. The van der Waals surface area contributed by atoms with Crippen molar-refractivity contribution < 1.29 is 9.32 Å². The van der Waals surface area contributed by atoms with Gasteiger partial charge >= 0.3 is 0 Å². The van der Waals surface area contributed by atoms with Gasteiger partial charge in [-0.2, -0.15) is 4.98 Å². The van der Waals surface area contributed by atoms with Crippen LogP contribution in [0.1, 0.15) is 23.2 Å². The van der Waals surface area contributed by atoms with E-state index >= 15 is 0 Å². The van der Waals surface area contributed by atoms with E-state index in [0.29, 0.717) is 30.4 Å². The molecule has 7 heteroatoms. The van der Waals surface area contributed by atoms with Crippen LogP contribution < -0.4 is 0 Å². The number of carbonyl (C=O) groups is 1. The van der Waals surface area contributed by atoms with Crippen LogP contribution in [0.25, 0.3) is 10.7 Å². The van der Waals surface area contributed by atoms with Crippen LogP contribution in [0.4, 0.5) is 0 Å². The Kier molecular flexibility index (Phi) is 5.06. The predicted molar refractivity (Wildman–Crippen MR) is 97.2 cm³/mol. The van der Waals surface area contributed by atoms with E-state index in [2.05, 4.69) is 32.7 Å². The fraction of sp³-hybridized carbons (Fsp3) is 0.188. The minimum Gasteiger partial charge on any atom is -0.337 e. The summed E-state index contributed by atoms with van der Waals surface area (Å²) in [6.07, 6.45) is 0. The summed E-state index contributed by atoms with van der Waals surface area (Å²) in [5, 5.41) is 5.94. The van der Waals surface area contributed by atoms with Crippen LogP contribution in [0.3, 0.4) is 0 Å². The smallest absolute Gasteiger partial charge is 0.254 e. The molecule has 1 amide bonds. The molecule has 3 rings (SSSR count). The Hall–Kier alpha value is -1.74. The second-order valence-electron chi connectivity index (χ2n) is 4.82. The van der Waals surface area contributed by atoms with Gasteiger partial charge in [-0.3, -0.25) is 4.79 Å². The van der Waals surface area contributed by atoms with Gasteiger partial charge in [0.1, 0.15) is 6.54 Å². The monoisotopic (exact) mass is 439 g/mol. The highest BCUT2D eigenvalue weighted by Gasteiger charge is 2.18. The molecule has 5 nitrogen and oxygen atoms in total. The second-order valence-corrected chi connectivity index (χ2v) is 7.01. The summed E-state index contributed by atoms with van der Waals surface area (Å²) >= 11 is 3.77. The number of rotatable bonds is 5. The molecule has 0 N–H and O–H groups in total. The third-order valence-electron chi connectivity index (χ3n) is 3.30. The van der Waals surface area contributed by atoms with Crippen molar-refractivity contribution in [1.29, 1.82) is 0 Å². The molecule has 2 heterocycles. The van der Waals surface area contributed by atoms with Crippen molar-refractivity contribution in [3.05, 3.63) is 56.8 Å². The minimum absolute atomic E-state index is 0.0419. The predicted octanol–water partition coefficient (Wildman–Crippen LogP) is 4.07. The summed E-state index contributed by atoms with van der Waals surface area (Å²) in [5.41, 5.74) is 0.658. The molecule has 0 bridgehead atoms. The molecule has 0 saturated heterocycles. The van der Waals surface area contributed by atoms with E-state index in [1.54, 1.807) is 16.2 Å². The Balaban J connectivity index is 1.74. The Labute approximate surface area is 151 Å². The first-order valence-corrected chi connectivity index (χ1v) is 9.04. The van der Waals surface area contributed by atoms with Crippen LogP contribution in [0.15, 0.2) is 46.3 Å². The van der Waals surface area contributed by atoms with Gasteiger partial charge in [0, 0.05) is 15.7 Å². The molecule has 0 unspecified atom stereocenters. The third kappa shape index (κ3) is 3.78. The van der Waals surface area contributed by atoms with Gasteiger partial charge in [0.2, 0.25) is 11.7 Å². The summed E-state index contributed by atoms with van der Waals surface area (Å²) in [6, 6.07) is 11.4. The van der Waals surface area contributed by atoms with E-state index < -0.39 is 0 Å². The van der Waals surface area contributed by atoms with Crippen molar-refractivity contribution in [2.24, 2.45) is 0 Å². The molecule has 23 heavy (non-hydrogen) atoms. The maximum Gasteiger partial charge on any atom is 0.254 e. The van der Waals surface area contributed by atoms with Crippen LogP contribution in [-0.4, -0.2) is 27.5 Å². The first-order valence-electron chi connectivity index (χ1n) is 7.08. The molecule has 0 radical (unpaired) electrons. The van der Waals surface area contributed by atoms with Crippen LogP contribution in [0.5, 0.6) is 0 Å².